The van der Waals surface area contributed by atoms with Crippen molar-refractivity contribution in [3.63, 3.8) is 0 Å². The number of amides is 1. The lowest BCUT2D eigenvalue weighted by Crippen LogP contribution is -2.17. The number of nitrogens with one attached hydrogen (secondary N) is 1. The van der Waals surface area contributed by atoms with Crippen LogP contribution in [0.2, 0.25) is 5.15 Å². The van der Waals surface area contributed by atoms with Crippen LogP contribution in [0.25, 0.3) is 10.9 Å². The number of benzene rings is 2. The van der Waals surface area contributed by atoms with Crippen LogP contribution in [-0.2, 0) is 0 Å². The Morgan fingerprint density at radius 2 is 2.08 bits per heavy atom. The fourth-order valence-electron chi connectivity index (χ4n) is 2.35. The molecule has 26 heavy (non-hydrogen) atoms. The molecule has 0 bridgehead atoms. The average Bonchev–Trinajstić information content (AvgIpc) is 2.62. The standard InChI is InChI=1S/C18H13ClN4O3/c1-11-5-6-12-8-14(17(19)21-16(12)7-11)10-20-22-18(24)13-3-2-4-15(9-13)23(25)26/h2-10H,1H3,(H,22,24)/b20-10-. The lowest BCUT2D eigenvalue weighted by atomic mass is 10.1. The second kappa shape index (κ2) is 7.28. The van der Waals surface area contributed by atoms with Gasteiger partial charge < -0.3 is 0 Å². The molecule has 2 aromatic carbocycles. The van der Waals surface area contributed by atoms with Gasteiger partial charge in [-0.2, -0.15) is 5.10 Å². The zero-order valence-corrected chi connectivity index (χ0v) is 14.4. The third-order valence-electron chi connectivity index (χ3n) is 3.64. The zero-order valence-electron chi connectivity index (χ0n) is 13.6. The Balaban J connectivity index is 1.78. The Morgan fingerprint density at radius 3 is 2.85 bits per heavy atom. The number of nitrogens with zero attached hydrogens (tertiary/aromatic N) is 3. The van der Waals surface area contributed by atoms with Gasteiger partial charge in [0.2, 0.25) is 0 Å². The van der Waals surface area contributed by atoms with Crippen LogP contribution in [0.15, 0.2) is 53.6 Å². The van der Waals surface area contributed by atoms with Gasteiger partial charge in [-0.15, -0.1) is 0 Å². The summed E-state index contributed by atoms with van der Waals surface area (Å²) in [6, 6.07) is 13.0. The molecule has 0 atom stereocenters. The number of aryl methyl sites for hydroxylation is 1. The van der Waals surface area contributed by atoms with Crippen molar-refractivity contribution < 1.29 is 9.72 Å². The number of hydrazone groups is 1. The van der Waals surface area contributed by atoms with Crippen LogP contribution in [0.5, 0.6) is 0 Å². The van der Waals surface area contributed by atoms with Crippen molar-refractivity contribution in [1.82, 2.24) is 10.4 Å². The largest absolute Gasteiger partial charge is 0.271 e. The molecule has 130 valence electrons. The van der Waals surface area contributed by atoms with Crippen LogP contribution in [-0.4, -0.2) is 22.0 Å². The van der Waals surface area contributed by atoms with E-state index in [2.05, 4.69) is 15.5 Å². The van der Waals surface area contributed by atoms with Crippen molar-refractivity contribution in [3.8, 4) is 0 Å². The molecule has 0 fully saturated rings. The summed E-state index contributed by atoms with van der Waals surface area (Å²) in [6.45, 7) is 1.97. The molecule has 0 saturated heterocycles. The van der Waals surface area contributed by atoms with Crippen molar-refractivity contribution in [2.75, 3.05) is 0 Å². The molecular weight excluding hydrogens is 356 g/mol. The van der Waals surface area contributed by atoms with Crippen LogP contribution < -0.4 is 5.43 Å². The van der Waals surface area contributed by atoms with E-state index in [-0.39, 0.29) is 16.4 Å². The molecule has 1 aromatic heterocycles. The summed E-state index contributed by atoms with van der Waals surface area (Å²) in [7, 11) is 0. The van der Waals surface area contributed by atoms with E-state index >= 15 is 0 Å². The zero-order chi connectivity index (χ0) is 18.7. The molecule has 8 heteroatoms. The van der Waals surface area contributed by atoms with Crippen molar-refractivity contribution in [3.05, 3.63) is 80.5 Å². The summed E-state index contributed by atoms with van der Waals surface area (Å²) < 4.78 is 0. The Bertz CT molecular complexity index is 1050. The van der Waals surface area contributed by atoms with Gasteiger partial charge in [0.05, 0.1) is 16.7 Å². The highest BCUT2D eigenvalue weighted by Crippen LogP contribution is 2.20. The summed E-state index contributed by atoms with van der Waals surface area (Å²) in [5.41, 5.74) is 4.68. The Morgan fingerprint density at radius 1 is 1.27 bits per heavy atom. The molecule has 1 amide bonds. The number of halogens is 1. The van der Waals surface area contributed by atoms with E-state index in [1.54, 1.807) is 0 Å². The quantitative estimate of drug-likeness (QED) is 0.327. The van der Waals surface area contributed by atoms with Gasteiger partial charge in [-0.05, 0) is 30.7 Å². The Hall–Kier alpha value is -3.32. The van der Waals surface area contributed by atoms with Gasteiger partial charge in [-0.3, -0.25) is 14.9 Å². The number of non-ortho nitro benzene ring substituents is 1. The predicted octanol–water partition coefficient (Wildman–Crippen LogP) is 3.87. The highest BCUT2D eigenvalue weighted by molar-refractivity contribution is 6.32. The molecule has 0 spiro atoms. The monoisotopic (exact) mass is 368 g/mol. The van der Waals surface area contributed by atoms with Crippen molar-refractivity contribution in [1.29, 1.82) is 0 Å². The smallest absolute Gasteiger partial charge is 0.267 e. The molecule has 3 rings (SSSR count). The van der Waals surface area contributed by atoms with Gasteiger partial charge in [-0.1, -0.05) is 29.8 Å². The Labute approximate surface area is 153 Å². The number of hydrogen-bond acceptors (Lipinski definition) is 5. The van der Waals surface area contributed by atoms with Crippen LogP contribution in [0, 0.1) is 17.0 Å². The summed E-state index contributed by atoms with van der Waals surface area (Å²) >= 11 is 6.15. The third-order valence-corrected chi connectivity index (χ3v) is 3.95. The first-order valence-electron chi connectivity index (χ1n) is 7.59. The molecule has 0 unspecified atom stereocenters. The van der Waals surface area contributed by atoms with Crippen LogP contribution in [0.4, 0.5) is 5.69 Å². The lowest BCUT2D eigenvalue weighted by molar-refractivity contribution is -0.384. The maximum Gasteiger partial charge on any atom is 0.271 e. The topological polar surface area (TPSA) is 97.5 Å². The summed E-state index contributed by atoms with van der Waals surface area (Å²) in [5, 5.41) is 15.8. The second-order valence-corrected chi connectivity index (χ2v) is 5.93. The fourth-order valence-corrected chi connectivity index (χ4v) is 2.54. The Kier molecular flexibility index (Phi) is 4.90. The van der Waals surface area contributed by atoms with E-state index in [4.69, 9.17) is 11.6 Å². The number of carbonyl (C=O) groups is 1. The maximum absolute atomic E-state index is 12.0. The molecule has 0 aliphatic heterocycles. The SMILES string of the molecule is Cc1ccc2cc(/C=N\NC(=O)c3cccc([N+](=O)[O-])c3)c(Cl)nc2c1. The number of hydrogen-bond donors (Lipinski definition) is 1. The maximum atomic E-state index is 12.0. The normalized spacial score (nSPS) is 11.0. The van der Waals surface area contributed by atoms with Crippen LogP contribution in [0.1, 0.15) is 21.5 Å². The van der Waals surface area contributed by atoms with Crippen LogP contribution >= 0.6 is 11.6 Å². The van der Waals surface area contributed by atoms with E-state index in [9.17, 15) is 14.9 Å². The highest BCUT2D eigenvalue weighted by Gasteiger charge is 2.11. The van der Waals surface area contributed by atoms with Crippen molar-refractivity contribution >= 4 is 40.3 Å². The van der Waals surface area contributed by atoms with Gasteiger partial charge >= 0.3 is 0 Å². The molecule has 1 heterocycles. The molecule has 1 N–H and O–H groups in total. The first-order chi connectivity index (χ1) is 12.4. The minimum atomic E-state index is -0.567. The van der Waals surface area contributed by atoms with E-state index in [0.717, 1.165) is 16.5 Å². The van der Waals surface area contributed by atoms with Gasteiger partial charge in [0.25, 0.3) is 11.6 Å². The molecule has 0 aliphatic rings. The van der Waals surface area contributed by atoms with Gasteiger partial charge in [-0.25, -0.2) is 10.4 Å². The van der Waals surface area contributed by atoms with E-state index in [0.29, 0.717) is 5.56 Å². The number of fused-ring (bicyclic) bond motifs is 1. The first kappa shape index (κ1) is 17.5. The van der Waals surface area contributed by atoms with Crippen molar-refractivity contribution in [2.24, 2.45) is 5.10 Å². The fraction of sp³-hybridized carbons (Fsp3) is 0.0556. The molecule has 3 aromatic rings. The molecule has 0 radical (unpaired) electrons. The summed E-state index contributed by atoms with van der Waals surface area (Å²) in [6.07, 6.45) is 1.38. The number of nitro benzene ring substituents is 1. The van der Waals surface area contributed by atoms with Gasteiger partial charge in [0.1, 0.15) is 5.15 Å². The number of nitro groups is 1. The number of pyridine rings is 1. The average molecular weight is 369 g/mol. The summed E-state index contributed by atoms with van der Waals surface area (Å²) in [4.78, 5) is 26.6. The lowest BCUT2D eigenvalue weighted by Gasteiger charge is -2.03. The van der Waals surface area contributed by atoms with Gasteiger partial charge in [0, 0.05) is 28.6 Å². The summed E-state index contributed by atoms with van der Waals surface area (Å²) in [5.74, 6) is -0.564. The van der Waals surface area contributed by atoms with Crippen molar-refractivity contribution in [2.45, 2.75) is 6.92 Å². The van der Waals surface area contributed by atoms with Gasteiger partial charge in [0.15, 0.2) is 0 Å². The third kappa shape index (κ3) is 3.84. The molecule has 0 saturated carbocycles. The number of carbonyl (C=O) groups excluding carboxylic acids is 1. The minimum absolute atomic E-state index is 0.134. The molecule has 0 aliphatic carbocycles. The predicted molar refractivity (Wildman–Crippen MR) is 99.6 cm³/mol. The second-order valence-electron chi connectivity index (χ2n) is 5.57. The molecular formula is C18H13ClN4O3. The van der Waals surface area contributed by atoms with E-state index < -0.39 is 10.8 Å². The van der Waals surface area contributed by atoms with E-state index in [1.807, 2.05) is 31.2 Å². The van der Waals surface area contributed by atoms with E-state index in [1.165, 1.54) is 30.5 Å². The number of aromatic nitrogens is 1. The van der Waals surface area contributed by atoms with Crippen LogP contribution in [0.3, 0.4) is 0 Å². The minimum Gasteiger partial charge on any atom is -0.267 e. The first-order valence-corrected chi connectivity index (χ1v) is 7.96. The molecule has 7 nitrogen and oxygen atoms in total. The highest BCUT2D eigenvalue weighted by atomic mass is 35.5. The number of rotatable bonds is 4.